The van der Waals surface area contributed by atoms with Gasteiger partial charge in [0.2, 0.25) is 5.91 Å². The molecule has 1 N–H and O–H groups in total. The summed E-state index contributed by atoms with van der Waals surface area (Å²) in [6.07, 6.45) is 0. The van der Waals surface area contributed by atoms with Crippen LogP contribution in [-0.4, -0.2) is 55.0 Å². The molecule has 1 atom stereocenters. The standard InChI is InChI=1S/C26H33N3O5/c1-7-28(15-18-8-13-21(33-5)22(14-18)34-6)23(30)16-29-24(31)26(4,27-25(29)32)20-11-9-19(10-12-20)17(2)3/h8-14,17H,7,15-16H2,1-6H3,(H,27,32). The number of ether oxygens (including phenoxy) is 2. The van der Waals surface area contributed by atoms with Crippen LogP contribution in [0.3, 0.4) is 0 Å². The Morgan fingerprint density at radius 2 is 1.71 bits per heavy atom. The van der Waals surface area contributed by atoms with Crippen molar-refractivity contribution < 1.29 is 23.9 Å². The van der Waals surface area contributed by atoms with E-state index < -0.39 is 17.5 Å². The molecule has 1 saturated heterocycles. The minimum Gasteiger partial charge on any atom is -0.493 e. The molecular weight excluding hydrogens is 434 g/mol. The number of nitrogens with one attached hydrogen (secondary N) is 1. The van der Waals surface area contributed by atoms with E-state index in [-0.39, 0.29) is 12.5 Å². The van der Waals surface area contributed by atoms with Gasteiger partial charge in [0.1, 0.15) is 12.1 Å². The molecule has 2 aromatic carbocycles. The summed E-state index contributed by atoms with van der Waals surface area (Å²) in [4.78, 5) is 41.6. The van der Waals surface area contributed by atoms with Gasteiger partial charge in [0.05, 0.1) is 14.2 Å². The monoisotopic (exact) mass is 467 g/mol. The molecule has 4 amide bonds. The summed E-state index contributed by atoms with van der Waals surface area (Å²) in [6.45, 7) is 8.11. The molecule has 0 saturated carbocycles. The van der Waals surface area contributed by atoms with Gasteiger partial charge in [-0.25, -0.2) is 4.79 Å². The van der Waals surface area contributed by atoms with Gasteiger partial charge in [-0.3, -0.25) is 14.5 Å². The number of carbonyl (C=O) groups is 3. The SMILES string of the molecule is CCN(Cc1ccc(OC)c(OC)c1)C(=O)CN1C(=O)NC(C)(c2ccc(C(C)C)cc2)C1=O. The first kappa shape index (κ1) is 25.1. The number of nitrogens with zero attached hydrogens (tertiary/aromatic N) is 2. The maximum atomic E-state index is 13.3. The van der Waals surface area contributed by atoms with Crippen molar-refractivity contribution in [1.29, 1.82) is 0 Å². The first-order valence-electron chi connectivity index (χ1n) is 11.4. The van der Waals surface area contributed by atoms with Crippen molar-refractivity contribution in [3.63, 3.8) is 0 Å². The van der Waals surface area contributed by atoms with Crippen LogP contribution >= 0.6 is 0 Å². The van der Waals surface area contributed by atoms with Gasteiger partial charge in [0.15, 0.2) is 11.5 Å². The van der Waals surface area contributed by atoms with Crippen molar-refractivity contribution in [3.8, 4) is 11.5 Å². The van der Waals surface area contributed by atoms with Crippen LogP contribution in [0.4, 0.5) is 4.79 Å². The van der Waals surface area contributed by atoms with Gasteiger partial charge in [0.25, 0.3) is 5.91 Å². The van der Waals surface area contributed by atoms with Crippen LogP contribution in [0.1, 0.15) is 50.3 Å². The van der Waals surface area contributed by atoms with Crippen LogP contribution in [-0.2, 0) is 21.7 Å². The zero-order valence-electron chi connectivity index (χ0n) is 20.7. The average Bonchev–Trinajstić information content (AvgIpc) is 3.05. The second-order valence-electron chi connectivity index (χ2n) is 8.82. The van der Waals surface area contributed by atoms with E-state index in [0.717, 1.165) is 16.0 Å². The first-order chi connectivity index (χ1) is 16.1. The van der Waals surface area contributed by atoms with Crippen LogP contribution in [0, 0.1) is 0 Å². The van der Waals surface area contributed by atoms with E-state index in [1.165, 1.54) is 0 Å². The maximum Gasteiger partial charge on any atom is 0.325 e. The number of hydrogen-bond acceptors (Lipinski definition) is 5. The molecule has 8 heteroatoms. The number of urea groups is 1. The third-order valence-electron chi connectivity index (χ3n) is 6.28. The highest BCUT2D eigenvalue weighted by molar-refractivity contribution is 6.09. The molecule has 1 aliphatic rings. The Labute approximate surface area is 200 Å². The first-order valence-corrected chi connectivity index (χ1v) is 11.4. The van der Waals surface area contributed by atoms with Crippen LogP contribution in [0.2, 0.25) is 0 Å². The number of benzene rings is 2. The predicted octanol–water partition coefficient (Wildman–Crippen LogP) is 3.64. The molecule has 0 spiro atoms. The van der Waals surface area contributed by atoms with Crippen molar-refractivity contribution >= 4 is 17.8 Å². The maximum absolute atomic E-state index is 13.3. The van der Waals surface area contributed by atoms with Crippen LogP contribution in [0.15, 0.2) is 42.5 Å². The number of rotatable bonds is 9. The summed E-state index contributed by atoms with van der Waals surface area (Å²) in [6, 6.07) is 12.5. The molecule has 1 fully saturated rings. The van der Waals surface area contributed by atoms with Crippen molar-refractivity contribution in [2.45, 2.75) is 45.7 Å². The molecule has 1 aliphatic heterocycles. The third kappa shape index (κ3) is 4.85. The normalized spacial score (nSPS) is 17.7. The molecule has 3 rings (SSSR count). The van der Waals surface area contributed by atoms with E-state index in [1.807, 2.05) is 37.3 Å². The van der Waals surface area contributed by atoms with Gasteiger partial charge in [-0.1, -0.05) is 44.2 Å². The molecule has 182 valence electrons. The fourth-order valence-corrected chi connectivity index (χ4v) is 4.05. The van der Waals surface area contributed by atoms with E-state index >= 15 is 0 Å². The second kappa shape index (κ2) is 10.2. The van der Waals surface area contributed by atoms with Gasteiger partial charge in [0, 0.05) is 13.1 Å². The van der Waals surface area contributed by atoms with E-state index in [9.17, 15) is 14.4 Å². The zero-order valence-corrected chi connectivity index (χ0v) is 20.7. The molecule has 0 radical (unpaired) electrons. The quantitative estimate of drug-likeness (QED) is 0.569. The highest BCUT2D eigenvalue weighted by atomic mass is 16.5. The van der Waals surface area contributed by atoms with Crippen LogP contribution in [0.5, 0.6) is 11.5 Å². The lowest BCUT2D eigenvalue weighted by atomic mass is 9.90. The van der Waals surface area contributed by atoms with Gasteiger partial charge >= 0.3 is 6.03 Å². The number of imide groups is 1. The number of methoxy groups -OCH3 is 2. The lowest BCUT2D eigenvalue weighted by molar-refractivity contribution is -0.139. The molecule has 8 nitrogen and oxygen atoms in total. The van der Waals surface area contributed by atoms with E-state index in [2.05, 4.69) is 19.2 Å². The molecule has 2 aromatic rings. The second-order valence-corrected chi connectivity index (χ2v) is 8.82. The molecular formula is C26H33N3O5. The van der Waals surface area contributed by atoms with Gasteiger partial charge in [-0.05, 0) is 48.6 Å². The largest absolute Gasteiger partial charge is 0.493 e. The van der Waals surface area contributed by atoms with Crippen molar-refractivity contribution in [3.05, 3.63) is 59.2 Å². The van der Waals surface area contributed by atoms with Crippen molar-refractivity contribution in [2.24, 2.45) is 0 Å². The molecule has 34 heavy (non-hydrogen) atoms. The summed E-state index contributed by atoms with van der Waals surface area (Å²) < 4.78 is 10.6. The molecule has 0 aromatic heterocycles. The molecule has 1 unspecified atom stereocenters. The summed E-state index contributed by atoms with van der Waals surface area (Å²) in [5, 5.41) is 2.77. The minimum atomic E-state index is -1.22. The van der Waals surface area contributed by atoms with Crippen molar-refractivity contribution in [2.75, 3.05) is 27.3 Å². The Morgan fingerprint density at radius 3 is 2.26 bits per heavy atom. The van der Waals surface area contributed by atoms with Crippen LogP contribution in [0.25, 0.3) is 0 Å². The topological polar surface area (TPSA) is 88.2 Å². The predicted molar refractivity (Wildman–Crippen MR) is 129 cm³/mol. The van der Waals surface area contributed by atoms with Crippen molar-refractivity contribution in [1.82, 2.24) is 15.1 Å². The molecule has 0 aliphatic carbocycles. The Hall–Kier alpha value is -3.55. The van der Waals surface area contributed by atoms with Gasteiger partial charge < -0.3 is 19.7 Å². The Kier molecular flexibility index (Phi) is 7.49. The van der Waals surface area contributed by atoms with Gasteiger partial charge in [-0.15, -0.1) is 0 Å². The number of likely N-dealkylation sites (N-methyl/N-ethyl adjacent to an activating group) is 1. The summed E-state index contributed by atoms with van der Waals surface area (Å²) in [5.74, 6) is 0.763. The fraction of sp³-hybridized carbons (Fsp3) is 0.423. The molecule has 1 heterocycles. The fourth-order valence-electron chi connectivity index (χ4n) is 4.05. The number of hydrogen-bond donors (Lipinski definition) is 1. The zero-order chi connectivity index (χ0) is 25.0. The summed E-state index contributed by atoms with van der Waals surface area (Å²) in [7, 11) is 3.11. The van der Waals surface area contributed by atoms with Crippen LogP contribution < -0.4 is 14.8 Å². The van der Waals surface area contributed by atoms with Gasteiger partial charge in [-0.2, -0.15) is 0 Å². The average molecular weight is 468 g/mol. The highest BCUT2D eigenvalue weighted by Gasteiger charge is 2.49. The summed E-state index contributed by atoms with van der Waals surface area (Å²) >= 11 is 0. The Balaban J connectivity index is 1.74. The van der Waals surface area contributed by atoms with E-state index in [1.54, 1.807) is 38.2 Å². The Bertz CT molecular complexity index is 1070. The number of carbonyl (C=O) groups excluding carboxylic acids is 3. The smallest absolute Gasteiger partial charge is 0.325 e. The Morgan fingerprint density at radius 1 is 1.06 bits per heavy atom. The lowest BCUT2D eigenvalue weighted by Crippen LogP contribution is -2.44. The number of amides is 4. The summed E-state index contributed by atoms with van der Waals surface area (Å²) in [5.41, 5.74) is 1.46. The van der Waals surface area contributed by atoms with E-state index in [0.29, 0.717) is 36.1 Å². The lowest BCUT2D eigenvalue weighted by Gasteiger charge is -2.25. The minimum absolute atomic E-state index is 0.313. The van der Waals surface area contributed by atoms with E-state index in [4.69, 9.17) is 9.47 Å². The molecule has 0 bridgehead atoms. The third-order valence-corrected chi connectivity index (χ3v) is 6.28. The highest BCUT2D eigenvalue weighted by Crippen LogP contribution is 2.31.